The topological polar surface area (TPSA) is 24.9 Å². The molecule has 0 unspecified atom stereocenters. The fraction of sp³-hybridized carbons (Fsp3) is 0.154. The van der Waals surface area contributed by atoms with Gasteiger partial charge in [-0.3, -0.25) is 0 Å². The molecule has 0 aliphatic carbocycles. The molecule has 0 radical (unpaired) electrons. The molecule has 1 aromatic heterocycles. The summed E-state index contributed by atoms with van der Waals surface area (Å²) in [7, 11) is 0. The van der Waals surface area contributed by atoms with Crippen molar-refractivity contribution in [2.45, 2.75) is 13.5 Å². The molecule has 94 valence electrons. The van der Waals surface area contributed by atoms with Crippen LogP contribution in [0.2, 0.25) is 5.15 Å². The van der Waals surface area contributed by atoms with Crippen LogP contribution in [0.1, 0.15) is 11.1 Å². The fourth-order valence-electron chi connectivity index (χ4n) is 1.51. The Morgan fingerprint density at radius 2 is 2.00 bits per heavy atom. The van der Waals surface area contributed by atoms with Gasteiger partial charge in [-0.1, -0.05) is 17.7 Å². The standard InChI is InChI=1S/C13H11Br2ClN2/c1-8-4-10(7-18-13(8)16)17-6-9-2-3-11(14)12(15)5-9/h2-5,7,17H,6H2,1H3. The van der Waals surface area contributed by atoms with Gasteiger partial charge in [-0.15, -0.1) is 0 Å². The van der Waals surface area contributed by atoms with E-state index in [1.165, 1.54) is 5.56 Å². The molecule has 0 spiro atoms. The molecule has 0 aliphatic rings. The SMILES string of the molecule is Cc1cc(NCc2ccc(Br)c(Br)c2)cnc1Cl. The first-order valence-electron chi connectivity index (χ1n) is 5.36. The third kappa shape index (κ3) is 3.46. The van der Waals surface area contributed by atoms with E-state index >= 15 is 0 Å². The molecule has 0 saturated carbocycles. The summed E-state index contributed by atoms with van der Waals surface area (Å²) in [5, 5.41) is 3.87. The molecule has 5 heteroatoms. The van der Waals surface area contributed by atoms with Crippen LogP contribution < -0.4 is 5.32 Å². The second kappa shape index (κ2) is 6.04. The first-order valence-corrected chi connectivity index (χ1v) is 7.32. The zero-order valence-corrected chi connectivity index (χ0v) is 13.6. The van der Waals surface area contributed by atoms with Gasteiger partial charge in [0.1, 0.15) is 5.15 Å². The Morgan fingerprint density at radius 1 is 1.22 bits per heavy atom. The van der Waals surface area contributed by atoms with Crippen LogP contribution >= 0.6 is 43.5 Å². The molecule has 0 saturated heterocycles. The number of aryl methyl sites for hydroxylation is 1. The highest BCUT2D eigenvalue weighted by molar-refractivity contribution is 9.13. The number of anilines is 1. The lowest BCUT2D eigenvalue weighted by Crippen LogP contribution is -2.00. The van der Waals surface area contributed by atoms with Gasteiger partial charge >= 0.3 is 0 Å². The number of rotatable bonds is 3. The summed E-state index contributed by atoms with van der Waals surface area (Å²) < 4.78 is 2.10. The molecule has 1 heterocycles. The molecule has 1 aromatic carbocycles. The molecular weight excluding hydrogens is 379 g/mol. The van der Waals surface area contributed by atoms with E-state index in [1.54, 1.807) is 6.20 Å². The molecule has 0 fully saturated rings. The summed E-state index contributed by atoms with van der Waals surface area (Å²) in [5.41, 5.74) is 3.13. The second-order valence-electron chi connectivity index (χ2n) is 3.93. The van der Waals surface area contributed by atoms with Gasteiger partial charge in [-0.2, -0.15) is 0 Å². The van der Waals surface area contributed by atoms with Crippen molar-refractivity contribution < 1.29 is 0 Å². The van der Waals surface area contributed by atoms with Gasteiger partial charge in [-0.05, 0) is 68.1 Å². The Hall–Kier alpha value is -0.580. The molecule has 0 amide bonds. The van der Waals surface area contributed by atoms with Crippen molar-refractivity contribution in [3.05, 3.63) is 55.7 Å². The summed E-state index contributed by atoms with van der Waals surface area (Å²) in [6, 6.07) is 8.15. The predicted molar refractivity (Wildman–Crippen MR) is 83.2 cm³/mol. The van der Waals surface area contributed by atoms with Crippen molar-refractivity contribution >= 4 is 49.1 Å². The highest BCUT2D eigenvalue weighted by Crippen LogP contribution is 2.24. The Morgan fingerprint density at radius 3 is 2.67 bits per heavy atom. The van der Waals surface area contributed by atoms with Gasteiger partial charge in [0.15, 0.2) is 0 Å². The Labute approximate surface area is 128 Å². The molecule has 18 heavy (non-hydrogen) atoms. The van der Waals surface area contributed by atoms with E-state index in [9.17, 15) is 0 Å². The molecular formula is C13H11Br2ClN2. The van der Waals surface area contributed by atoms with Crippen LogP contribution in [0.4, 0.5) is 5.69 Å². The van der Waals surface area contributed by atoms with Crippen molar-refractivity contribution in [2.75, 3.05) is 5.32 Å². The van der Waals surface area contributed by atoms with Crippen molar-refractivity contribution in [3.8, 4) is 0 Å². The third-order valence-corrected chi connectivity index (χ3v) is 4.77. The first-order chi connectivity index (χ1) is 8.56. The maximum Gasteiger partial charge on any atom is 0.132 e. The van der Waals surface area contributed by atoms with E-state index in [-0.39, 0.29) is 0 Å². The van der Waals surface area contributed by atoms with Gasteiger partial charge in [0.2, 0.25) is 0 Å². The quantitative estimate of drug-likeness (QED) is 0.731. The molecule has 0 bridgehead atoms. The van der Waals surface area contributed by atoms with Gasteiger partial charge < -0.3 is 5.32 Å². The molecule has 2 rings (SSSR count). The summed E-state index contributed by atoms with van der Waals surface area (Å²) in [6.07, 6.45) is 1.74. The average Bonchev–Trinajstić information content (AvgIpc) is 2.35. The average molecular weight is 391 g/mol. The Balaban J connectivity index is 2.06. The lowest BCUT2D eigenvalue weighted by Gasteiger charge is -2.08. The van der Waals surface area contributed by atoms with E-state index in [2.05, 4.69) is 54.3 Å². The number of pyridine rings is 1. The van der Waals surface area contributed by atoms with Crippen LogP contribution in [0, 0.1) is 6.92 Å². The Bertz CT molecular complexity index is 521. The minimum atomic E-state index is 0.548. The van der Waals surface area contributed by atoms with E-state index < -0.39 is 0 Å². The number of nitrogens with one attached hydrogen (secondary N) is 1. The number of halogens is 3. The van der Waals surface area contributed by atoms with Gasteiger partial charge in [0, 0.05) is 15.5 Å². The van der Waals surface area contributed by atoms with Crippen LogP contribution in [-0.4, -0.2) is 4.98 Å². The maximum atomic E-state index is 5.89. The van der Waals surface area contributed by atoms with Crippen LogP contribution in [0.15, 0.2) is 39.4 Å². The largest absolute Gasteiger partial charge is 0.380 e. The van der Waals surface area contributed by atoms with Crippen LogP contribution in [0.3, 0.4) is 0 Å². The molecule has 2 nitrogen and oxygen atoms in total. The van der Waals surface area contributed by atoms with Crippen molar-refractivity contribution in [1.82, 2.24) is 4.98 Å². The number of benzene rings is 1. The minimum absolute atomic E-state index is 0.548. The summed E-state index contributed by atoms with van der Waals surface area (Å²) >= 11 is 12.8. The first kappa shape index (κ1) is 13.8. The molecule has 1 N–H and O–H groups in total. The number of aromatic nitrogens is 1. The van der Waals surface area contributed by atoms with Gasteiger partial charge in [0.25, 0.3) is 0 Å². The number of hydrogen-bond donors (Lipinski definition) is 1. The molecule has 0 atom stereocenters. The number of nitrogens with zero attached hydrogens (tertiary/aromatic N) is 1. The Kier molecular flexibility index (Phi) is 4.65. The summed E-state index contributed by atoms with van der Waals surface area (Å²) in [4.78, 5) is 4.11. The van der Waals surface area contributed by atoms with Crippen LogP contribution in [0.5, 0.6) is 0 Å². The van der Waals surface area contributed by atoms with E-state index in [0.29, 0.717) is 5.15 Å². The zero-order chi connectivity index (χ0) is 13.1. The van der Waals surface area contributed by atoms with Crippen LogP contribution in [-0.2, 0) is 6.54 Å². The van der Waals surface area contributed by atoms with E-state index in [1.807, 2.05) is 19.1 Å². The lowest BCUT2D eigenvalue weighted by molar-refractivity contribution is 1.13. The molecule has 2 aromatic rings. The van der Waals surface area contributed by atoms with Crippen LogP contribution in [0.25, 0.3) is 0 Å². The van der Waals surface area contributed by atoms with Gasteiger partial charge in [-0.25, -0.2) is 4.98 Å². The zero-order valence-electron chi connectivity index (χ0n) is 9.67. The predicted octanol–water partition coefficient (Wildman–Crippen LogP) is 5.18. The highest BCUT2D eigenvalue weighted by atomic mass is 79.9. The van der Waals surface area contributed by atoms with Gasteiger partial charge in [0.05, 0.1) is 11.9 Å². The highest BCUT2D eigenvalue weighted by Gasteiger charge is 2.01. The van der Waals surface area contributed by atoms with E-state index in [0.717, 1.165) is 26.7 Å². The van der Waals surface area contributed by atoms with E-state index in [4.69, 9.17) is 11.6 Å². The maximum absolute atomic E-state index is 5.89. The number of hydrogen-bond acceptors (Lipinski definition) is 2. The summed E-state index contributed by atoms with van der Waals surface area (Å²) in [6.45, 7) is 2.69. The van der Waals surface area contributed by atoms with Crippen molar-refractivity contribution in [2.24, 2.45) is 0 Å². The van der Waals surface area contributed by atoms with Crippen molar-refractivity contribution in [1.29, 1.82) is 0 Å². The normalized spacial score (nSPS) is 10.4. The lowest BCUT2D eigenvalue weighted by atomic mass is 10.2. The minimum Gasteiger partial charge on any atom is -0.380 e. The fourth-order valence-corrected chi connectivity index (χ4v) is 2.28. The monoisotopic (exact) mass is 388 g/mol. The second-order valence-corrected chi connectivity index (χ2v) is 6.00. The molecule has 0 aliphatic heterocycles. The summed E-state index contributed by atoms with van der Waals surface area (Å²) in [5.74, 6) is 0. The van der Waals surface area contributed by atoms with Crippen molar-refractivity contribution in [3.63, 3.8) is 0 Å². The smallest absolute Gasteiger partial charge is 0.132 e. The third-order valence-electron chi connectivity index (χ3n) is 2.50.